The van der Waals surface area contributed by atoms with E-state index in [1.807, 2.05) is 19.1 Å². The molecule has 0 aromatic carbocycles. The molecule has 1 rings (SSSR count). The van der Waals surface area contributed by atoms with Crippen LogP contribution in [0, 0.1) is 0 Å². The highest BCUT2D eigenvalue weighted by Gasteiger charge is 1.94. The lowest BCUT2D eigenvalue weighted by atomic mass is 10.1. The zero-order valence-corrected chi connectivity index (χ0v) is 11.2. The van der Waals surface area contributed by atoms with Crippen molar-refractivity contribution in [3.8, 4) is 0 Å². The maximum absolute atomic E-state index is 10.2. The Labute approximate surface area is 101 Å². The molecular weight excluding hydrogens is 220 g/mol. The molecule has 0 aliphatic rings. The van der Waals surface area contributed by atoms with Crippen LogP contribution in [0.1, 0.15) is 32.3 Å². The Morgan fingerprint density at radius 1 is 1.38 bits per heavy atom. The Balaban J connectivity index is 0.000000325. The van der Waals surface area contributed by atoms with Crippen molar-refractivity contribution >= 4 is 16.6 Å². The van der Waals surface area contributed by atoms with E-state index in [0.717, 1.165) is 30.6 Å². The number of rotatable bonds is 4. The van der Waals surface area contributed by atoms with Crippen LogP contribution in [0.4, 0.5) is 5.82 Å². The molecule has 0 bridgehead atoms. The lowest BCUT2D eigenvalue weighted by molar-refractivity contribution is 0.685. The first kappa shape index (κ1) is 15.1. The Bertz CT molecular complexity index is 316. The van der Waals surface area contributed by atoms with E-state index in [0.29, 0.717) is 5.82 Å². The van der Waals surface area contributed by atoms with Crippen LogP contribution in [0.15, 0.2) is 18.3 Å². The smallest absolute Gasteiger partial charge is 0.126 e. The molecule has 1 unspecified atom stereocenters. The Kier molecular flexibility index (Phi) is 8.81. The average molecular weight is 242 g/mol. The van der Waals surface area contributed by atoms with Crippen molar-refractivity contribution in [1.82, 2.24) is 4.98 Å². The predicted molar refractivity (Wildman–Crippen MR) is 71.9 cm³/mol. The number of nitrogens with zero attached hydrogens (tertiary/aromatic N) is 1. The second kappa shape index (κ2) is 9.33. The van der Waals surface area contributed by atoms with Gasteiger partial charge in [-0.05, 0) is 24.5 Å². The quantitative estimate of drug-likeness (QED) is 0.882. The van der Waals surface area contributed by atoms with Crippen molar-refractivity contribution in [1.29, 1.82) is 0 Å². The van der Waals surface area contributed by atoms with Gasteiger partial charge in [0.1, 0.15) is 5.82 Å². The molecule has 0 aliphatic carbocycles. The summed E-state index contributed by atoms with van der Waals surface area (Å²) in [5, 5.41) is 0. The highest BCUT2D eigenvalue weighted by Crippen LogP contribution is 2.08. The van der Waals surface area contributed by atoms with Gasteiger partial charge in [-0.3, -0.25) is 4.21 Å². The molecule has 0 radical (unpaired) electrons. The first-order chi connectivity index (χ1) is 7.61. The molecule has 0 saturated carbocycles. The molecule has 1 aromatic heterocycles. The van der Waals surface area contributed by atoms with E-state index in [1.54, 1.807) is 12.5 Å². The van der Waals surface area contributed by atoms with Gasteiger partial charge in [0.2, 0.25) is 0 Å². The normalized spacial score (nSPS) is 11.4. The summed E-state index contributed by atoms with van der Waals surface area (Å²) in [6.07, 6.45) is 6.62. The lowest BCUT2D eigenvalue weighted by Crippen LogP contribution is -1.95. The largest absolute Gasteiger partial charge is 0.383 e. The SMILES string of the molecule is CCCS(C)=O.CCCc1cccnc1N. The van der Waals surface area contributed by atoms with Crippen LogP contribution in [0.2, 0.25) is 0 Å². The predicted octanol–water partition coefficient (Wildman–Crippen LogP) is 2.39. The lowest BCUT2D eigenvalue weighted by Gasteiger charge is -1.99. The summed E-state index contributed by atoms with van der Waals surface area (Å²) in [6, 6.07) is 3.94. The minimum Gasteiger partial charge on any atom is -0.383 e. The van der Waals surface area contributed by atoms with Gasteiger partial charge in [0, 0.05) is 29.0 Å². The van der Waals surface area contributed by atoms with E-state index in [9.17, 15) is 4.21 Å². The van der Waals surface area contributed by atoms with Crippen molar-refractivity contribution in [3.63, 3.8) is 0 Å². The zero-order valence-electron chi connectivity index (χ0n) is 10.4. The first-order valence-electron chi connectivity index (χ1n) is 5.61. The van der Waals surface area contributed by atoms with Gasteiger partial charge in [0.25, 0.3) is 0 Å². The number of aryl methyl sites for hydroxylation is 1. The minimum absolute atomic E-state index is 0.566. The Morgan fingerprint density at radius 3 is 2.44 bits per heavy atom. The van der Waals surface area contributed by atoms with Crippen LogP contribution in [0.25, 0.3) is 0 Å². The molecule has 1 heterocycles. The molecule has 0 saturated heterocycles. The monoisotopic (exact) mass is 242 g/mol. The molecule has 1 aromatic rings. The number of nitrogen functional groups attached to an aromatic ring is 1. The van der Waals surface area contributed by atoms with Gasteiger partial charge in [-0.2, -0.15) is 0 Å². The molecule has 0 fully saturated rings. The summed E-state index contributed by atoms with van der Waals surface area (Å²) in [5.74, 6) is 1.52. The molecule has 4 heteroatoms. The highest BCUT2D eigenvalue weighted by atomic mass is 32.2. The number of aromatic nitrogens is 1. The molecule has 2 N–H and O–H groups in total. The van der Waals surface area contributed by atoms with Gasteiger partial charge in [-0.25, -0.2) is 4.98 Å². The molecular formula is C12H22N2OS. The summed E-state index contributed by atoms with van der Waals surface area (Å²) >= 11 is 0. The fraction of sp³-hybridized carbons (Fsp3) is 0.583. The minimum atomic E-state index is -0.566. The number of pyridine rings is 1. The third kappa shape index (κ3) is 7.40. The number of anilines is 1. The third-order valence-corrected chi connectivity index (χ3v) is 2.92. The molecule has 0 aliphatic heterocycles. The fourth-order valence-corrected chi connectivity index (χ4v) is 1.79. The summed E-state index contributed by atoms with van der Waals surface area (Å²) in [5.41, 5.74) is 6.75. The first-order valence-corrected chi connectivity index (χ1v) is 7.33. The summed E-state index contributed by atoms with van der Waals surface area (Å²) < 4.78 is 10.2. The van der Waals surface area contributed by atoms with Gasteiger partial charge < -0.3 is 5.73 Å². The van der Waals surface area contributed by atoms with Gasteiger partial charge in [-0.1, -0.05) is 26.3 Å². The van der Waals surface area contributed by atoms with Crippen LogP contribution in [0.5, 0.6) is 0 Å². The van der Waals surface area contributed by atoms with E-state index in [2.05, 4.69) is 11.9 Å². The van der Waals surface area contributed by atoms with Crippen molar-refractivity contribution in [2.75, 3.05) is 17.7 Å². The Morgan fingerprint density at radius 2 is 2.06 bits per heavy atom. The highest BCUT2D eigenvalue weighted by molar-refractivity contribution is 7.84. The van der Waals surface area contributed by atoms with Crippen molar-refractivity contribution in [2.45, 2.75) is 33.1 Å². The van der Waals surface area contributed by atoms with Crippen molar-refractivity contribution in [3.05, 3.63) is 23.9 Å². The number of hydrogen-bond donors (Lipinski definition) is 1. The summed E-state index contributed by atoms with van der Waals surface area (Å²) in [4.78, 5) is 3.98. The number of nitrogens with two attached hydrogens (primary N) is 1. The van der Waals surface area contributed by atoms with Gasteiger partial charge in [-0.15, -0.1) is 0 Å². The molecule has 1 atom stereocenters. The maximum atomic E-state index is 10.2. The van der Waals surface area contributed by atoms with E-state index in [4.69, 9.17) is 5.73 Å². The molecule has 16 heavy (non-hydrogen) atoms. The van der Waals surface area contributed by atoms with Crippen LogP contribution in [-0.2, 0) is 17.2 Å². The number of hydrogen-bond acceptors (Lipinski definition) is 3. The van der Waals surface area contributed by atoms with Crippen molar-refractivity contribution in [2.24, 2.45) is 0 Å². The molecule has 0 spiro atoms. The van der Waals surface area contributed by atoms with E-state index in [-0.39, 0.29) is 0 Å². The molecule has 0 amide bonds. The van der Waals surface area contributed by atoms with Crippen molar-refractivity contribution < 1.29 is 4.21 Å². The van der Waals surface area contributed by atoms with E-state index in [1.165, 1.54) is 0 Å². The third-order valence-electron chi connectivity index (χ3n) is 1.94. The van der Waals surface area contributed by atoms with Crippen LogP contribution >= 0.6 is 0 Å². The summed E-state index contributed by atoms with van der Waals surface area (Å²) in [7, 11) is -0.566. The summed E-state index contributed by atoms with van der Waals surface area (Å²) in [6.45, 7) is 4.16. The fourth-order valence-electron chi connectivity index (χ4n) is 1.22. The topological polar surface area (TPSA) is 56.0 Å². The standard InChI is InChI=1S/C8H12N2.C4H10OS/c1-2-4-7-5-3-6-10-8(7)9;1-3-4-6(2)5/h3,5-6H,2,4H2,1H3,(H2,9,10);3-4H2,1-2H3. The van der Waals surface area contributed by atoms with Crippen LogP contribution in [-0.4, -0.2) is 21.2 Å². The van der Waals surface area contributed by atoms with Gasteiger partial charge in [0.05, 0.1) is 0 Å². The van der Waals surface area contributed by atoms with E-state index >= 15 is 0 Å². The molecule has 92 valence electrons. The van der Waals surface area contributed by atoms with Gasteiger partial charge >= 0.3 is 0 Å². The zero-order chi connectivity index (χ0) is 12.4. The van der Waals surface area contributed by atoms with Crippen LogP contribution in [0.3, 0.4) is 0 Å². The van der Waals surface area contributed by atoms with Crippen LogP contribution < -0.4 is 5.73 Å². The second-order valence-electron chi connectivity index (χ2n) is 3.58. The maximum Gasteiger partial charge on any atom is 0.126 e. The average Bonchev–Trinajstić information content (AvgIpc) is 2.22. The van der Waals surface area contributed by atoms with Gasteiger partial charge in [0.15, 0.2) is 0 Å². The Hall–Kier alpha value is -0.900. The van der Waals surface area contributed by atoms with E-state index < -0.39 is 10.8 Å². The second-order valence-corrected chi connectivity index (χ2v) is 5.13. The molecule has 3 nitrogen and oxygen atoms in total.